The Bertz CT molecular complexity index is 468. The molecule has 2 saturated carbocycles. The zero-order valence-electron chi connectivity index (χ0n) is 16.8. The van der Waals surface area contributed by atoms with Crippen molar-refractivity contribution in [2.45, 2.75) is 75.7 Å². The van der Waals surface area contributed by atoms with Gasteiger partial charge in [0, 0.05) is 49.6 Å². The molecule has 2 unspecified atom stereocenters. The third kappa shape index (κ3) is 4.17. The van der Waals surface area contributed by atoms with E-state index in [-0.39, 0.29) is 4.75 Å². The number of guanidine groups is 1. The molecule has 1 heterocycles. The monoisotopic (exact) mass is 383 g/mol. The Morgan fingerprint density at radius 3 is 2.54 bits per heavy atom. The molecule has 0 aromatic heterocycles. The van der Waals surface area contributed by atoms with Crippen LogP contribution >= 0.6 is 11.8 Å². The zero-order valence-corrected chi connectivity index (χ0v) is 17.6. The minimum absolute atomic E-state index is 0.281. The maximum Gasteiger partial charge on any atom is 0.191 e. The van der Waals surface area contributed by atoms with Gasteiger partial charge in [-0.3, -0.25) is 4.99 Å². The molecule has 0 amide bonds. The average Bonchev–Trinajstić information content (AvgIpc) is 3.17. The van der Waals surface area contributed by atoms with Crippen LogP contribution in [-0.2, 0) is 9.47 Å². The summed E-state index contributed by atoms with van der Waals surface area (Å²) in [6.45, 7) is 7.91. The van der Waals surface area contributed by atoms with Crippen molar-refractivity contribution in [1.29, 1.82) is 0 Å². The first kappa shape index (κ1) is 20.3. The number of hydrogen-bond donors (Lipinski definition) is 2. The maximum absolute atomic E-state index is 6.05. The van der Waals surface area contributed by atoms with Gasteiger partial charge >= 0.3 is 0 Å². The summed E-state index contributed by atoms with van der Waals surface area (Å²) in [6.07, 6.45) is 9.04. The summed E-state index contributed by atoms with van der Waals surface area (Å²) in [5.74, 6) is 2.11. The Kier molecular flexibility index (Phi) is 7.14. The molecular formula is C20H37N3O2S. The SMILES string of the molecule is CCOC1CC(NC(=NC)NCC2(SCC)CCOCC2)C12CCCC2. The second-order valence-electron chi connectivity index (χ2n) is 7.97. The maximum atomic E-state index is 6.05. The van der Waals surface area contributed by atoms with Gasteiger partial charge in [-0.15, -0.1) is 0 Å². The van der Waals surface area contributed by atoms with Gasteiger partial charge in [-0.25, -0.2) is 0 Å². The molecule has 2 aliphatic carbocycles. The van der Waals surface area contributed by atoms with Crippen molar-refractivity contribution >= 4 is 17.7 Å². The highest BCUT2D eigenvalue weighted by Gasteiger charge is 2.57. The van der Waals surface area contributed by atoms with E-state index in [1.165, 1.54) is 25.7 Å². The molecule has 1 saturated heterocycles. The van der Waals surface area contributed by atoms with E-state index in [0.717, 1.165) is 57.3 Å². The predicted octanol–water partition coefficient (Wildman–Crippen LogP) is 3.19. The van der Waals surface area contributed by atoms with E-state index in [1.807, 2.05) is 7.05 Å². The number of thioether (sulfide) groups is 1. The van der Waals surface area contributed by atoms with Gasteiger partial charge in [-0.05, 0) is 44.8 Å². The highest BCUT2D eigenvalue weighted by atomic mass is 32.2. The molecule has 6 heteroatoms. The standard InChI is InChI=1S/C20H37N3O2S/c1-4-25-17-14-16(20(17)8-6-7-9-20)23-18(21-3)22-15-19(26-5-2)10-12-24-13-11-19/h16-17H,4-15H2,1-3H3,(H2,21,22,23). The van der Waals surface area contributed by atoms with E-state index in [2.05, 4.69) is 41.2 Å². The summed E-state index contributed by atoms with van der Waals surface area (Å²) in [4.78, 5) is 4.52. The number of hydrogen-bond acceptors (Lipinski definition) is 4. The van der Waals surface area contributed by atoms with Gasteiger partial charge in [-0.1, -0.05) is 19.8 Å². The summed E-state index contributed by atoms with van der Waals surface area (Å²) in [7, 11) is 1.89. The van der Waals surface area contributed by atoms with Crippen molar-refractivity contribution < 1.29 is 9.47 Å². The van der Waals surface area contributed by atoms with Gasteiger partial charge in [0.05, 0.1) is 6.10 Å². The number of nitrogens with one attached hydrogen (secondary N) is 2. The predicted molar refractivity (Wildman–Crippen MR) is 110 cm³/mol. The quantitative estimate of drug-likeness (QED) is 0.522. The summed E-state index contributed by atoms with van der Waals surface area (Å²) in [6, 6.07) is 0.497. The first-order valence-corrected chi connectivity index (χ1v) is 11.5. The first-order chi connectivity index (χ1) is 12.7. The molecule has 0 radical (unpaired) electrons. The van der Waals surface area contributed by atoms with Gasteiger partial charge in [0.2, 0.25) is 0 Å². The van der Waals surface area contributed by atoms with Crippen molar-refractivity contribution in [2.75, 3.05) is 39.2 Å². The Hall–Kier alpha value is -0.460. The van der Waals surface area contributed by atoms with Gasteiger partial charge in [0.15, 0.2) is 5.96 Å². The van der Waals surface area contributed by atoms with Crippen LogP contribution in [-0.4, -0.2) is 62.0 Å². The summed E-state index contributed by atoms with van der Waals surface area (Å²) >= 11 is 2.07. The fourth-order valence-corrected chi connectivity index (χ4v) is 6.36. The van der Waals surface area contributed by atoms with Gasteiger partial charge < -0.3 is 20.1 Å². The fourth-order valence-electron chi connectivity index (χ4n) is 5.12. The van der Waals surface area contributed by atoms with Crippen LogP contribution < -0.4 is 10.6 Å². The Balaban J connectivity index is 1.56. The zero-order chi connectivity index (χ0) is 18.5. The van der Waals surface area contributed by atoms with Crippen molar-refractivity contribution in [3.63, 3.8) is 0 Å². The van der Waals surface area contributed by atoms with E-state index in [1.54, 1.807) is 0 Å². The van der Waals surface area contributed by atoms with E-state index in [4.69, 9.17) is 9.47 Å². The lowest BCUT2D eigenvalue weighted by molar-refractivity contribution is -0.125. The Labute approximate surface area is 163 Å². The molecular weight excluding hydrogens is 346 g/mol. The van der Waals surface area contributed by atoms with Crippen LogP contribution in [0.15, 0.2) is 4.99 Å². The topological polar surface area (TPSA) is 54.9 Å². The van der Waals surface area contributed by atoms with Gasteiger partial charge in [-0.2, -0.15) is 11.8 Å². The smallest absolute Gasteiger partial charge is 0.191 e. The molecule has 3 rings (SSSR count). The number of aliphatic imine (C=N–C) groups is 1. The number of rotatable bonds is 7. The highest BCUT2D eigenvalue weighted by Crippen LogP contribution is 2.54. The number of ether oxygens (including phenoxy) is 2. The molecule has 1 aliphatic heterocycles. The molecule has 3 fully saturated rings. The molecule has 0 aromatic carbocycles. The average molecular weight is 384 g/mol. The Morgan fingerprint density at radius 2 is 1.92 bits per heavy atom. The lowest BCUT2D eigenvalue weighted by atomic mass is 9.60. The summed E-state index contributed by atoms with van der Waals surface area (Å²) < 4.78 is 11.9. The van der Waals surface area contributed by atoms with Crippen molar-refractivity contribution in [1.82, 2.24) is 10.6 Å². The molecule has 0 aromatic rings. The molecule has 0 bridgehead atoms. The second kappa shape index (κ2) is 9.16. The van der Waals surface area contributed by atoms with Crippen LogP contribution in [0.5, 0.6) is 0 Å². The second-order valence-corrected chi connectivity index (χ2v) is 9.70. The molecule has 5 nitrogen and oxygen atoms in total. The normalized spacial score (nSPS) is 30.2. The lowest BCUT2D eigenvalue weighted by Gasteiger charge is -2.54. The summed E-state index contributed by atoms with van der Waals surface area (Å²) in [5.41, 5.74) is 0.335. The van der Waals surface area contributed by atoms with Crippen LogP contribution in [0.3, 0.4) is 0 Å². The van der Waals surface area contributed by atoms with Crippen molar-refractivity contribution in [3.8, 4) is 0 Å². The minimum atomic E-state index is 0.281. The Morgan fingerprint density at radius 1 is 1.19 bits per heavy atom. The third-order valence-electron chi connectivity index (χ3n) is 6.65. The van der Waals surface area contributed by atoms with E-state index < -0.39 is 0 Å². The molecule has 2 N–H and O–H groups in total. The number of nitrogens with zero attached hydrogens (tertiary/aromatic N) is 1. The third-order valence-corrected chi connectivity index (χ3v) is 8.11. The molecule has 2 atom stereocenters. The van der Waals surface area contributed by atoms with Gasteiger partial charge in [0.1, 0.15) is 0 Å². The van der Waals surface area contributed by atoms with Gasteiger partial charge in [0.25, 0.3) is 0 Å². The van der Waals surface area contributed by atoms with Crippen LogP contribution in [0.1, 0.15) is 58.8 Å². The van der Waals surface area contributed by atoms with Crippen LogP contribution in [0.2, 0.25) is 0 Å². The van der Waals surface area contributed by atoms with E-state index in [9.17, 15) is 0 Å². The molecule has 26 heavy (non-hydrogen) atoms. The van der Waals surface area contributed by atoms with Crippen LogP contribution in [0, 0.1) is 5.41 Å². The first-order valence-electron chi connectivity index (χ1n) is 10.5. The highest BCUT2D eigenvalue weighted by molar-refractivity contribution is 8.00. The van der Waals surface area contributed by atoms with Crippen LogP contribution in [0.4, 0.5) is 0 Å². The largest absolute Gasteiger partial charge is 0.381 e. The van der Waals surface area contributed by atoms with E-state index in [0.29, 0.717) is 17.6 Å². The fraction of sp³-hybridized carbons (Fsp3) is 0.950. The van der Waals surface area contributed by atoms with Crippen LogP contribution in [0.25, 0.3) is 0 Å². The molecule has 1 spiro atoms. The lowest BCUT2D eigenvalue weighted by Crippen LogP contribution is -2.65. The molecule has 3 aliphatic rings. The van der Waals surface area contributed by atoms with Crippen molar-refractivity contribution in [3.05, 3.63) is 0 Å². The van der Waals surface area contributed by atoms with Crippen molar-refractivity contribution in [2.24, 2.45) is 10.4 Å². The van der Waals surface area contributed by atoms with E-state index >= 15 is 0 Å². The minimum Gasteiger partial charge on any atom is -0.381 e. The summed E-state index contributed by atoms with van der Waals surface area (Å²) in [5, 5.41) is 7.38. The molecule has 150 valence electrons.